The van der Waals surface area contributed by atoms with Crippen LogP contribution >= 0.6 is 0 Å². The van der Waals surface area contributed by atoms with Crippen molar-refractivity contribution in [2.24, 2.45) is 15.7 Å². The second-order valence-electron chi connectivity index (χ2n) is 8.72. The summed E-state index contributed by atoms with van der Waals surface area (Å²) in [7, 11) is 1.66. The summed E-state index contributed by atoms with van der Waals surface area (Å²) in [5.74, 6) is 2.45. The first kappa shape index (κ1) is 24.1. The highest BCUT2D eigenvalue weighted by molar-refractivity contribution is 6.02. The molecule has 1 aliphatic heterocycles. The van der Waals surface area contributed by atoms with E-state index in [4.69, 9.17) is 25.7 Å². The predicted octanol–water partition coefficient (Wildman–Crippen LogP) is 5.69. The van der Waals surface area contributed by atoms with E-state index in [1.807, 2.05) is 84.3 Å². The molecule has 0 bridgehead atoms. The van der Waals surface area contributed by atoms with Crippen LogP contribution in [0.1, 0.15) is 35.5 Å². The summed E-state index contributed by atoms with van der Waals surface area (Å²) in [4.78, 5) is 8.49. The average molecular weight is 496 g/mol. The monoisotopic (exact) mass is 495 g/mol. The molecule has 1 aromatic heterocycles. The van der Waals surface area contributed by atoms with Crippen molar-refractivity contribution in [3.63, 3.8) is 0 Å². The summed E-state index contributed by atoms with van der Waals surface area (Å²) in [6.45, 7) is 6.63. The molecular weight excluding hydrogens is 466 g/mol. The number of nitrogens with zero attached hydrogens (tertiary/aromatic N) is 3. The number of amidine groups is 1. The maximum Gasteiger partial charge on any atom is 0.145 e. The van der Waals surface area contributed by atoms with E-state index in [0.717, 1.165) is 28.2 Å². The van der Waals surface area contributed by atoms with E-state index in [1.165, 1.54) is 0 Å². The van der Waals surface area contributed by atoms with Gasteiger partial charge in [-0.1, -0.05) is 18.2 Å². The van der Waals surface area contributed by atoms with Crippen LogP contribution in [0.2, 0.25) is 0 Å². The fourth-order valence-corrected chi connectivity index (χ4v) is 4.55. The van der Waals surface area contributed by atoms with Gasteiger partial charge in [-0.25, -0.2) is 0 Å². The first-order valence-electron chi connectivity index (χ1n) is 11.9. The normalized spacial score (nSPS) is 14.9. The predicted molar refractivity (Wildman–Crippen MR) is 147 cm³/mol. The number of rotatable bonds is 8. The molecule has 4 aromatic rings. The zero-order chi connectivity index (χ0) is 25.9. The highest BCUT2D eigenvalue weighted by Gasteiger charge is 2.33. The number of nitrogen functional groups attached to an aromatic ring is 1. The fraction of sp³-hybridized carbons (Fsp3) is 0.172. The van der Waals surface area contributed by atoms with Crippen molar-refractivity contribution < 1.29 is 14.2 Å². The Hall–Kier alpha value is -4.56. The summed E-state index contributed by atoms with van der Waals surface area (Å²) in [5.41, 5.74) is 18.2. The molecule has 0 amide bonds. The van der Waals surface area contributed by atoms with E-state index in [-0.39, 0.29) is 6.10 Å². The van der Waals surface area contributed by atoms with Gasteiger partial charge in [0.15, 0.2) is 0 Å². The average Bonchev–Trinajstić information content (AvgIpc) is 3.45. The van der Waals surface area contributed by atoms with Crippen LogP contribution in [0, 0.1) is 0 Å². The van der Waals surface area contributed by atoms with E-state index in [2.05, 4.69) is 16.7 Å². The zero-order valence-corrected chi connectivity index (χ0v) is 20.8. The summed E-state index contributed by atoms with van der Waals surface area (Å²) in [6, 6.07) is 22.9. The van der Waals surface area contributed by atoms with Crippen LogP contribution in [0.4, 0.5) is 11.4 Å². The van der Waals surface area contributed by atoms with Gasteiger partial charge in [-0.15, -0.1) is 0 Å². The number of nitrogens with two attached hydrogens (primary N) is 2. The molecule has 188 valence electrons. The van der Waals surface area contributed by atoms with Crippen LogP contribution in [0.15, 0.2) is 82.8 Å². The summed E-state index contributed by atoms with van der Waals surface area (Å²) in [5, 5.41) is 0. The molecule has 1 unspecified atom stereocenters. The quantitative estimate of drug-likeness (QED) is 0.185. The van der Waals surface area contributed by atoms with Gasteiger partial charge in [0.1, 0.15) is 35.4 Å². The van der Waals surface area contributed by atoms with Crippen molar-refractivity contribution in [1.82, 2.24) is 4.57 Å². The van der Waals surface area contributed by atoms with Crippen molar-refractivity contribution in [2.75, 3.05) is 12.8 Å². The maximum absolute atomic E-state index is 6.29. The van der Waals surface area contributed by atoms with Gasteiger partial charge in [0.05, 0.1) is 24.1 Å². The molecule has 37 heavy (non-hydrogen) atoms. The molecule has 1 atom stereocenters. The van der Waals surface area contributed by atoms with Crippen molar-refractivity contribution in [3.8, 4) is 22.9 Å². The number of aromatic nitrogens is 1. The van der Waals surface area contributed by atoms with Gasteiger partial charge in [-0.2, -0.15) is 0 Å². The van der Waals surface area contributed by atoms with E-state index >= 15 is 0 Å². The van der Waals surface area contributed by atoms with Crippen molar-refractivity contribution >= 4 is 23.9 Å². The highest BCUT2D eigenvalue weighted by atomic mass is 16.5. The molecule has 3 aromatic carbocycles. The van der Waals surface area contributed by atoms with E-state index in [0.29, 0.717) is 47.7 Å². The van der Waals surface area contributed by atoms with Crippen LogP contribution in [-0.2, 0) is 18.0 Å². The Morgan fingerprint density at radius 1 is 1.05 bits per heavy atom. The second-order valence-corrected chi connectivity index (χ2v) is 8.72. The van der Waals surface area contributed by atoms with Crippen LogP contribution in [0.5, 0.6) is 17.2 Å². The molecule has 8 heteroatoms. The van der Waals surface area contributed by atoms with Gasteiger partial charge in [0, 0.05) is 30.1 Å². The smallest absolute Gasteiger partial charge is 0.145 e. The number of ether oxygens (including phenoxy) is 3. The molecule has 1 aliphatic rings. The lowest BCUT2D eigenvalue weighted by atomic mass is 10.1. The summed E-state index contributed by atoms with van der Waals surface area (Å²) < 4.78 is 19.9. The molecule has 5 rings (SSSR count). The third-order valence-electron chi connectivity index (χ3n) is 6.29. The van der Waals surface area contributed by atoms with Crippen LogP contribution in [-0.4, -0.2) is 24.2 Å². The minimum Gasteiger partial charge on any atom is -0.489 e. The fourth-order valence-electron chi connectivity index (χ4n) is 4.55. The lowest BCUT2D eigenvalue weighted by Gasteiger charge is -2.14. The molecule has 4 N–H and O–H groups in total. The zero-order valence-electron chi connectivity index (χ0n) is 20.8. The molecule has 0 aliphatic carbocycles. The van der Waals surface area contributed by atoms with Crippen molar-refractivity contribution in [2.45, 2.75) is 26.2 Å². The van der Waals surface area contributed by atoms with E-state index in [1.54, 1.807) is 7.05 Å². The van der Waals surface area contributed by atoms with Crippen molar-refractivity contribution in [3.05, 3.63) is 95.3 Å². The van der Waals surface area contributed by atoms with Gasteiger partial charge in [-0.3, -0.25) is 9.98 Å². The topological polar surface area (TPSA) is 109 Å². The number of aliphatic imine (C=N–C) groups is 2. The Morgan fingerprint density at radius 2 is 1.81 bits per heavy atom. The SMILES string of the molecule is C=Nc1c2c(n(-c3ccc(Oc4cccc(OCc5cccc(N)c5)c4)cc3)c1C(N)=NC)COC2C. The molecule has 0 radical (unpaired) electrons. The van der Waals surface area contributed by atoms with Crippen LogP contribution < -0.4 is 20.9 Å². The lowest BCUT2D eigenvalue weighted by molar-refractivity contribution is 0.0777. The molecule has 2 heterocycles. The molecule has 0 fully saturated rings. The minimum absolute atomic E-state index is 0.100. The molecule has 0 saturated heterocycles. The third kappa shape index (κ3) is 4.79. The minimum atomic E-state index is -0.100. The third-order valence-corrected chi connectivity index (χ3v) is 6.29. The van der Waals surface area contributed by atoms with Crippen molar-refractivity contribution in [1.29, 1.82) is 0 Å². The first-order valence-corrected chi connectivity index (χ1v) is 11.9. The Kier molecular flexibility index (Phi) is 6.66. The maximum atomic E-state index is 6.29. The Morgan fingerprint density at radius 3 is 2.54 bits per heavy atom. The number of anilines is 1. The van der Waals surface area contributed by atoms with Gasteiger partial charge < -0.3 is 30.2 Å². The molecular formula is C29H29N5O3. The number of benzene rings is 3. The van der Waals surface area contributed by atoms with Crippen LogP contribution in [0.3, 0.4) is 0 Å². The number of hydrogen-bond donors (Lipinski definition) is 2. The Labute approximate surface area is 215 Å². The molecule has 8 nitrogen and oxygen atoms in total. The highest BCUT2D eigenvalue weighted by Crippen LogP contribution is 2.43. The standard InChI is InChI=1S/C29H29N5O3/c1-18-26-25(17-35-18)34(28(27(26)32-2)29(31)33-3)21-10-12-22(13-11-21)37-24-9-5-8-23(15-24)36-16-19-6-4-7-20(30)14-19/h4-15,18H,2,16-17,30H2,1,3H3,(H2,31,33). The summed E-state index contributed by atoms with van der Waals surface area (Å²) >= 11 is 0. The Bertz CT molecular complexity index is 1470. The van der Waals surface area contributed by atoms with Gasteiger partial charge in [-0.05, 0) is 67.7 Å². The second kappa shape index (κ2) is 10.2. The van der Waals surface area contributed by atoms with Crippen LogP contribution in [0.25, 0.3) is 5.69 Å². The molecule has 0 saturated carbocycles. The van der Waals surface area contributed by atoms with Gasteiger partial charge in [0.2, 0.25) is 0 Å². The van der Waals surface area contributed by atoms with E-state index < -0.39 is 0 Å². The number of hydrogen-bond acceptors (Lipinski definition) is 6. The lowest BCUT2D eigenvalue weighted by Crippen LogP contribution is -2.19. The molecule has 0 spiro atoms. The number of fused-ring (bicyclic) bond motifs is 1. The van der Waals surface area contributed by atoms with Gasteiger partial charge in [0.25, 0.3) is 0 Å². The first-order chi connectivity index (χ1) is 18.0. The van der Waals surface area contributed by atoms with Gasteiger partial charge >= 0.3 is 0 Å². The Balaban J connectivity index is 1.37. The largest absolute Gasteiger partial charge is 0.489 e. The van der Waals surface area contributed by atoms with E-state index in [9.17, 15) is 0 Å². The summed E-state index contributed by atoms with van der Waals surface area (Å²) in [6.07, 6.45) is -0.100.